The summed E-state index contributed by atoms with van der Waals surface area (Å²) in [6, 6.07) is 8.82. The Bertz CT molecular complexity index is 390. The van der Waals surface area contributed by atoms with Crippen molar-refractivity contribution in [1.29, 1.82) is 0 Å². The Balaban J connectivity index is 2.03. The Hall–Kier alpha value is -1.06. The van der Waals surface area contributed by atoms with E-state index < -0.39 is 0 Å². The smallest absolute Gasteiger partial charge is 0.119 e. The Morgan fingerprint density at radius 3 is 2.70 bits per heavy atom. The van der Waals surface area contributed by atoms with E-state index in [0.29, 0.717) is 12.6 Å². The maximum absolute atomic E-state index is 6.03. The molecule has 1 aliphatic rings. The third-order valence-corrected chi connectivity index (χ3v) is 4.09. The van der Waals surface area contributed by atoms with Crippen LogP contribution < -0.4 is 10.5 Å². The van der Waals surface area contributed by atoms with Crippen LogP contribution in [0.2, 0.25) is 0 Å². The molecule has 2 rings (SSSR count). The number of piperidine rings is 1. The van der Waals surface area contributed by atoms with Crippen molar-refractivity contribution in [2.45, 2.75) is 39.2 Å². The molecule has 0 radical (unpaired) electrons. The fraction of sp³-hybridized carbons (Fsp3) is 0.647. The number of nitrogens with two attached hydrogens (primary N) is 1. The van der Waals surface area contributed by atoms with E-state index in [1.54, 1.807) is 0 Å². The summed E-state index contributed by atoms with van der Waals surface area (Å²) in [5, 5.41) is 0. The minimum Gasteiger partial charge on any atom is -0.494 e. The summed E-state index contributed by atoms with van der Waals surface area (Å²) in [6.45, 7) is 8.25. The lowest BCUT2D eigenvalue weighted by Gasteiger charge is -2.37. The van der Waals surface area contributed by atoms with E-state index in [1.807, 2.05) is 0 Å². The second-order valence-corrected chi connectivity index (χ2v) is 5.91. The molecule has 0 amide bonds. The molecule has 1 aromatic carbocycles. The van der Waals surface area contributed by atoms with E-state index in [4.69, 9.17) is 10.5 Å². The first-order chi connectivity index (χ1) is 9.74. The number of nitrogens with zero attached hydrogens (tertiary/aromatic N) is 1. The SMILES string of the molecule is CCCOc1ccc(C(CN)N2CCCC(C)C2)cc1. The van der Waals surface area contributed by atoms with E-state index in [0.717, 1.165) is 31.2 Å². The maximum atomic E-state index is 6.03. The molecule has 1 saturated heterocycles. The topological polar surface area (TPSA) is 38.5 Å². The molecule has 3 nitrogen and oxygen atoms in total. The lowest BCUT2D eigenvalue weighted by Crippen LogP contribution is -2.40. The normalized spacial score (nSPS) is 21.6. The molecule has 0 aromatic heterocycles. The molecule has 1 aliphatic heterocycles. The summed E-state index contributed by atoms with van der Waals surface area (Å²) in [5.41, 5.74) is 7.34. The fourth-order valence-corrected chi connectivity index (χ4v) is 3.01. The van der Waals surface area contributed by atoms with E-state index in [9.17, 15) is 0 Å². The highest BCUT2D eigenvalue weighted by atomic mass is 16.5. The first-order valence-electron chi connectivity index (χ1n) is 7.91. The summed E-state index contributed by atoms with van der Waals surface area (Å²) in [5.74, 6) is 1.74. The van der Waals surface area contributed by atoms with Crippen LogP contribution in [0.15, 0.2) is 24.3 Å². The van der Waals surface area contributed by atoms with Gasteiger partial charge in [-0.05, 0) is 49.4 Å². The van der Waals surface area contributed by atoms with Gasteiger partial charge in [-0.1, -0.05) is 26.0 Å². The Morgan fingerprint density at radius 1 is 1.35 bits per heavy atom. The lowest BCUT2D eigenvalue weighted by molar-refractivity contribution is 0.133. The number of rotatable bonds is 6. The Labute approximate surface area is 123 Å². The van der Waals surface area contributed by atoms with Crippen LogP contribution in [0, 0.1) is 5.92 Å². The highest BCUT2D eigenvalue weighted by Gasteiger charge is 2.24. The van der Waals surface area contributed by atoms with Crippen molar-refractivity contribution in [2.75, 3.05) is 26.2 Å². The average molecular weight is 276 g/mol. The third kappa shape index (κ3) is 3.97. The van der Waals surface area contributed by atoms with E-state index in [2.05, 4.69) is 43.0 Å². The van der Waals surface area contributed by atoms with E-state index in [-0.39, 0.29) is 0 Å². The van der Waals surface area contributed by atoms with Crippen LogP contribution in [0.3, 0.4) is 0 Å². The monoisotopic (exact) mass is 276 g/mol. The molecule has 0 aliphatic carbocycles. The highest BCUT2D eigenvalue weighted by Crippen LogP contribution is 2.27. The summed E-state index contributed by atoms with van der Waals surface area (Å²) in [6.07, 6.45) is 3.67. The van der Waals surface area contributed by atoms with Gasteiger partial charge in [-0.2, -0.15) is 0 Å². The molecule has 3 heteroatoms. The number of hydrogen-bond donors (Lipinski definition) is 1. The quantitative estimate of drug-likeness (QED) is 0.867. The van der Waals surface area contributed by atoms with Crippen LogP contribution in [-0.2, 0) is 0 Å². The van der Waals surface area contributed by atoms with Crippen LogP contribution in [0.4, 0.5) is 0 Å². The van der Waals surface area contributed by atoms with Gasteiger partial charge in [0.15, 0.2) is 0 Å². The zero-order chi connectivity index (χ0) is 14.4. The van der Waals surface area contributed by atoms with Gasteiger partial charge in [0.05, 0.1) is 6.61 Å². The summed E-state index contributed by atoms with van der Waals surface area (Å²) >= 11 is 0. The molecule has 0 spiro atoms. The van der Waals surface area contributed by atoms with Crippen LogP contribution in [0.25, 0.3) is 0 Å². The minimum absolute atomic E-state index is 0.345. The molecule has 0 bridgehead atoms. The Morgan fingerprint density at radius 2 is 2.10 bits per heavy atom. The number of benzene rings is 1. The zero-order valence-corrected chi connectivity index (χ0v) is 12.8. The molecular formula is C17H28N2O. The van der Waals surface area contributed by atoms with Crippen molar-refractivity contribution in [3.05, 3.63) is 29.8 Å². The van der Waals surface area contributed by atoms with Crippen molar-refractivity contribution in [3.8, 4) is 5.75 Å². The van der Waals surface area contributed by atoms with Crippen molar-refractivity contribution in [1.82, 2.24) is 4.90 Å². The van der Waals surface area contributed by atoms with Gasteiger partial charge < -0.3 is 10.5 Å². The molecule has 2 unspecified atom stereocenters. The minimum atomic E-state index is 0.345. The molecule has 20 heavy (non-hydrogen) atoms. The molecule has 1 heterocycles. The van der Waals surface area contributed by atoms with Crippen LogP contribution in [0.5, 0.6) is 5.75 Å². The van der Waals surface area contributed by atoms with Gasteiger partial charge in [0, 0.05) is 19.1 Å². The summed E-state index contributed by atoms with van der Waals surface area (Å²) in [4.78, 5) is 2.54. The van der Waals surface area contributed by atoms with Crippen molar-refractivity contribution >= 4 is 0 Å². The van der Waals surface area contributed by atoms with Crippen LogP contribution >= 0.6 is 0 Å². The highest BCUT2D eigenvalue weighted by molar-refractivity contribution is 5.29. The molecule has 1 aromatic rings. The van der Waals surface area contributed by atoms with Gasteiger partial charge in [0.1, 0.15) is 5.75 Å². The second kappa shape index (κ2) is 7.65. The fourth-order valence-electron chi connectivity index (χ4n) is 3.01. The number of hydrogen-bond acceptors (Lipinski definition) is 3. The molecule has 2 atom stereocenters. The summed E-state index contributed by atoms with van der Waals surface area (Å²) < 4.78 is 5.64. The van der Waals surface area contributed by atoms with Crippen molar-refractivity contribution in [2.24, 2.45) is 11.7 Å². The second-order valence-electron chi connectivity index (χ2n) is 5.91. The first kappa shape index (κ1) is 15.3. The van der Waals surface area contributed by atoms with Gasteiger partial charge in [0.25, 0.3) is 0 Å². The third-order valence-electron chi connectivity index (χ3n) is 4.09. The predicted molar refractivity (Wildman–Crippen MR) is 84.0 cm³/mol. The zero-order valence-electron chi connectivity index (χ0n) is 12.8. The first-order valence-corrected chi connectivity index (χ1v) is 7.91. The van der Waals surface area contributed by atoms with Crippen LogP contribution in [-0.4, -0.2) is 31.1 Å². The molecule has 2 N–H and O–H groups in total. The number of likely N-dealkylation sites (tertiary alicyclic amines) is 1. The van der Waals surface area contributed by atoms with Gasteiger partial charge in [0.2, 0.25) is 0 Å². The van der Waals surface area contributed by atoms with Crippen molar-refractivity contribution in [3.63, 3.8) is 0 Å². The number of ether oxygens (including phenoxy) is 1. The summed E-state index contributed by atoms with van der Waals surface area (Å²) in [7, 11) is 0. The Kier molecular flexibility index (Phi) is 5.86. The molecule has 1 fully saturated rings. The lowest BCUT2D eigenvalue weighted by atomic mass is 9.96. The predicted octanol–water partition coefficient (Wildman–Crippen LogP) is 3.21. The standard InChI is InChI=1S/C17H28N2O/c1-3-11-20-16-8-6-15(7-9-16)17(12-18)19-10-4-5-14(2)13-19/h6-9,14,17H,3-5,10-13,18H2,1-2H3. The van der Waals surface area contributed by atoms with E-state index >= 15 is 0 Å². The van der Waals surface area contributed by atoms with Crippen LogP contribution in [0.1, 0.15) is 44.7 Å². The van der Waals surface area contributed by atoms with Crippen molar-refractivity contribution < 1.29 is 4.74 Å². The average Bonchev–Trinajstić information content (AvgIpc) is 2.47. The molecule has 112 valence electrons. The van der Waals surface area contributed by atoms with Gasteiger partial charge >= 0.3 is 0 Å². The van der Waals surface area contributed by atoms with Gasteiger partial charge in [-0.3, -0.25) is 4.90 Å². The largest absolute Gasteiger partial charge is 0.494 e. The molecular weight excluding hydrogens is 248 g/mol. The molecule has 0 saturated carbocycles. The maximum Gasteiger partial charge on any atom is 0.119 e. The van der Waals surface area contributed by atoms with E-state index in [1.165, 1.54) is 24.9 Å². The van der Waals surface area contributed by atoms with Gasteiger partial charge in [-0.15, -0.1) is 0 Å². The van der Waals surface area contributed by atoms with Gasteiger partial charge in [-0.25, -0.2) is 0 Å².